The Morgan fingerprint density at radius 1 is 1.08 bits per heavy atom. The third-order valence-corrected chi connectivity index (χ3v) is 3.43. The number of carbonyl (C=O) groups is 1. The number of ether oxygens (including phenoxy) is 2. The van der Waals surface area contributed by atoms with E-state index >= 15 is 0 Å². The molecule has 0 bridgehead atoms. The zero-order valence-corrected chi connectivity index (χ0v) is 13.6. The van der Waals surface area contributed by atoms with E-state index in [1.165, 1.54) is 12.1 Å². The summed E-state index contributed by atoms with van der Waals surface area (Å²) in [6.45, 7) is 0.166. The Balaban J connectivity index is 1.63. The molecule has 2 aromatic carbocycles. The zero-order chi connectivity index (χ0) is 17.6. The molecule has 6 nitrogen and oxygen atoms in total. The predicted octanol–water partition coefficient (Wildman–Crippen LogP) is 3.83. The molecule has 0 aliphatic carbocycles. The number of phenolic OH excluding ortho intramolecular Hbond substituents is 1. The number of rotatable bonds is 6. The summed E-state index contributed by atoms with van der Waals surface area (Å²) in [7, 11) is 1.57. The maximum atomic E-state index is 12.2. The molecule has 1 aromatic heterocycles. The van der Waals surface area contributed by atoms with Crippen molar-refractivity contribution >= 4 is 11.6 Å². The van der Waals surface area contributed by atoms with Crippen LogP contribution in [0.15, 0.2) is 65.1 Å². The van der Waals surface area contributed by atoms with Crippen LogP contribution in [0.1, 0.15) is 16.3 Å². The number of amides is 1. The first-order valence-electron chi connectivity index (χ1n) is 7.60. The highest BCUT2D eigenvalue weighted by molar-refractivity contribution is 6.02. The summed E-state index contributed by atoms with van der Waals surface area (Å²) in [6, 6.07) is 16.8. The number of nitrogens with one attached hydrogen (secondary N) is 1. The van der Waals surface area contributed by atoms with Gasteiger partial charge in [0.1, 0.15) is 18.1 Å². The lowest BCUT2D eigenvalue weighted by molar-refractivity contribution is 0.0992. The van der Waals surface area contributed by atoms with E-state index in [4.69, 9.17) is 13.9 Å². The molecule has 0 radical (unpaired) electrons. The van der Waals surface area contributed by atoms with Gasteiger partial charge in [-0.15, -0.1) is 0 Å². The van der Waals surface area contributed by atoms with Crippen molar-refractivity contribution in [1.82, 2.24) is 0 Å². The van der Waals surface area contributed by atoms with Gasteiger partial charge in [-0.2, -0.15) is 0 Å². The molecule has 0 saturated heterocycles. The Bertz CT molecular complexity index is 872. The van der Waals surface area contributed by atoms with E-state index in [1.807, 2.05) is 12.1 Å². The zero-order valence-electron chi connectivity index (χ0n) is 13.6. The van der Waals surface area contributed by atoms with Gasteiger partial charge in [0.2, 0.25) is 0 Å². The summed E-state index contributed by atoms with van der Waals surface area (Å²) >= 11 is 0. The number of para-hydroxylation sites is 2. The number of carbonyl (C=O) groups excluding carboxylic acids is 1. The molecular weight excluding hydrogens is 322 g/mol. The number of hydrogen-bond donors (Lipinski definition) is 2. The lowest BCUT2D eigenvalue weighted by atomic mass is 10.3. The van der Waals surface area contributed by atoms with Crippen LogP contribution in [-0.4, -0.2) is 18.1 Å². The molecule has 3 rings (SSSR count). The van der Waals surface area contributed by atoms with Crippen molar-refractivity contribution in [2.75, 3.05) is 12.4 Å². The average molecular weight is 339 g/mol. The minimum absolute atomic E-state index is 0.0724. The summed E-state index contributed by atoms with van der Waals surface area (Å²) in [5, 5.41) is 12.1. The van der Waals surface area contributed by atoms with Gasteiger partial charge in [0.05, 0.1) is 7.11 Å². The van der Waals surface area contributed by atoms with Crippen LogP contribution in [0.4, 0.5) is 5.69 Å². The molecule has 0 saturated carbocycles. The molecule has 0 spiro atoms. The Hall–Kier alpha value is -3.41. The van der Waals surface area contributed by atoms with Gasteiger partial charge in [0.15, 0.2) is 17.3 Å². The van der Waals surface area contributed by atoms with E-state index in [0.717, 1.165) is 0 Å². The van der Waals surface area contributed by atoms with Crippen molar-refractivity contribution in [3.8, 4) is 17.2 Å². The fraction of sp³-hybridized carbons (Fsp3) is 0.105. The van der Waals surface area contributed by atoms with Crippen molar-refractivity contribution < 1.29 is 23.8 Å². The normalized spacial score (nSPS) is 10.3. The van der Waals surface area contributed by atoms with E-state index in [2.05, 4.69) is 5.32 Å². The molecule has 1 heterocycles. The molecule has 0 atom stereocenters. The Kier molecular flexibility index (Phi) is 4.89. The predicted molar refractivity (Wildman–Crippen MR) is 92.1 cm³/mol. The van der Waals surface area contributed by atoms with Crippen molar-refractivity contribution in [1.29, 1.82) is 0 Å². The number of hydrogen-bond acceptors (Lipinski definition) is 5. The molecule has 3 aromatic rings. The average Bonchev–Trinajstić information content (AvgIpc) is 3.09. The molecule has 0 aliphatic heterocycles. The molecule has 0 unspecified atom stereocenters. The number of furan rings is 1. The second kappa shape index (κ2) is 7.44. The van der Waals surface area contributed by atoms with Crippen molar-refractivity contribution in [3.05, 3.63) is 72.2 Å². The van der Waals surface area contributed by atoms with E-state index in [9.17, 15) is 9.90 Å². The van der Waals surface area contributed by atoms with Gasteiger partial charge in [-0.1, -0.05) is 18.2 Å². The van der Waals surface area contributed by atoms with E-state index in [1.54, 1.807) is 43.5 Å². The second-order valence-corrected chi connectivity index (χ2v) is 5.21. The largest absolute Gasteiger partial charge is 0.508 e. The molecule has 6 heteroatoms. The highest BCUT2D eigenvalue weighted by atomic mass is 16.5. The first kappa shape index (κ1) is 16.4. The number of phenols is 1. The number of aromatic hydroxyl groups is 1. The molecule has 0 fully saturated rings. The van der Waals surface area contributed by atoms with Gasteiger partial charge in [-0.05, 0) is 36.4 Å². The summed E-state index contributed by atoms with van der Waals surface area (Å²) in [4.78, 5) is 12.2. The first-order chi connectivity index (χ1) is 12.2. The summed E-state index contributed by atoms with van der Waals surface area (Å²) in [5.41, 5.74) is 0.480. The third kappa shape index (κ3) is 4.11. The maximum absolute atomic E-state index is 12.2. The highest BCUT2D eigenvalue weighted by Gasteiger charge is 2.13. The van der Waals surface area contributed by atoms with E-state index in [-0.39, 0.29) is 18.1 Å². The number of anilines is 1. The Labute approximate surface area is 144 Å². The summed E-state index contributed by atoms with van der Waals surface area (Å²) in [5.74, 6) is 1.54. The molecule has 128 valence electrons. The van der Waals surface area contributed by atoms with Crippen molar-refractivity contribution in [2.24, 2.45) is 0 Å². The third-order valence-electron chi connectivity index (χ3n) is 3.43. The fourth-order valence-corrected chi connectivity index (χ4v) is 2.24. The minimum Gasteiger partial charge on any atom is -0.508 e. The van der Waals surface area contributed by atoms with Crippen LogP contribution >= 0.6 is 0 Å². The monoisotopic (exact) mass is 339 g/mol. The smallest absolute Gasteiger partial charge is 0.291 e. The lowest BCUT2D eigenvalue weighted by Crippen LogP contribution is -2.10. The SMILES string of the molecule is COc1ccccc1OCc1ccc(C(=O)Nc2cccc(O)c2)o1. The van der Waals surface area contributed by atoms with Crippen LogP contribution < -0.4 is 14.8 Å². The maximum Gasteiger partial charge on any atom is 0.291 e. The lowest BCUT2D eigenvalue weighted by Gasteiger charge is -2.08. The van der Waals surface area contributed by atoms with Crippen LogP contribution in [0.25, 0.3) is 0 Å². The minimum atomic E-state index is -0.408. The van der Waals surface area contributed by atoms with Crippen molar-refractivity contribution in [2.45, 2.75) is 6.61 Å². The second-order valence-electron chi connectivity index (χ2n) is 5.21. The van der Waals surface area contributed by atoms with Crippen LogP contribution in [-0.2, 0) is 6.61 Å². The number of benzene rings is 2. The van der Waals surface area contributed by atoms with Crippen molar-refractivity contribution in [3.63, 3.8) is 0 Å². The Morgan fingerprint density at radius 2 is 1.88 bits per heavy atom. The van der Waals surface area contributed by atoms with E-state index < -0.39 is 5.91 Å². The fourth-order valence-electron chi connectivity index (χ4n) is 2.24. The summed E-state index contributed by atoms with van der Waals surface area (Å²) < 4.78 is 16.4. The number of methoxy groups -OCH3 is 1. The van der Waals surface area contributed by atoms with Crippen LogP contribution in [0.2, 0.25) is 0 Å². The quantitative estimate of drug-likeness (QED) is 0.713. The van der Waals surface area contributed by atoms with Gasteiger partial charge in [-0.25, -0.2) is 0 Å². The molecule has 1 amide bonds. The Morgan fingerprint density at radius 3 is 2.64 bits per heavy atom. The van der Waals surface area contributed by atoms with Crippen LogP contribution in [0.3, 0.4) is 0 Å². The molecular formula is C19H17NO5. The summed E-state index contributed by atoms with van der Waals surface area (Å²) in [6.07, 6.45) is 0. The van der Waals surface area contributed by atoms with E-state index in [0.29, 0.717) is 22.9 Å². The first-order valence-corrected chi connectivity index (χ1v) is 7.60. The van der Waals surface area contributed by atoms with Gasteiger partial charge in [0.25, 0.3) is 5.91 Å². The van der Waals surface area contributed by atoms with Gasteiger partial charge in [0, 0.05) is 11.8 Å². The topological polar surface area (TPSA) is 80.9 Å². The molecule has 25 heavy (non-hydrogen) atoms. The van der Waals surface area contributed by atoms with Gasteiger partial charge in [-0.3, -0.25) is 4.79 Å². The van der Waals surface area contributed by atoms with Crippen LogP contribution in [0, 0.1) is 0 Å². The molecule has 0 aliphatic rings. The highest BCUT2D eigenvalue weighted by Crippen LogP contribution is 2.27. The van der Waals surface area contributed by atoms with Crippen LogP contribution in [0.5, 0.6) is 17.2 Å². The standard InChI is InChI=1S/C19H17NO5/c1-23-16-7-2-3-8-17(16)24-12-15-9-10-18(25-15)19(22)20-13-5-4-6-14(21)11-13/h2-11,21H,12H2,1H3,(H,20,22). The van der Waals surface area contributed by atoms with Gasteiger partial charge < -0.3 is 24.3 Å². The van der Waals surface area contributed by atoms with Gasteiger partial charge >= 0.3 is 0 Å². The molecule has 2 N–H and O–H groups in total.